The normalized spacial score (nSPS) is 10.6. The Morgan fingerprint density at radius 1 is 1.09 bits per heavy atom. The zero-order valence-electron chi connectivity index (χ0n) is 12.9. The Hall–Kier alpha value is -2.83. The van der Waals surface area contributed by atoms with Crippen LogP contribution >= 0.6 is 0 Å². The SMILES string of the molecule is CCOC(=O)C(NC(=O)c1ccc2cc[nH]c2c1)C(=O)OCC. The Labute approximate surface area is 133 Å². The Bertz CT molecular complexity index is 704. The fourth-order valence-corrected chi connectivity index (χ4v) is 2.07. The fraction of sp³-hybridized carbons (Fsp3) is 0.312. The number of carbonyl (C=O) groups is 3. The molecular weight excluding hydrogens is 300 g/mol. The molecule has 1 amide bonds. The van der Waals surface area contributed by atoms with Crippen molar-refractivity contribution in [1.29, 1.82) is 0 Å². The number of carbonyl (C=O) groups excluding carboxylic acids is 3. The summed E-state index contributed by atoms with van der Waals surface area (Å²) in [6.45, 7) is 3.42. The first kappa shape index (κ1) is 16.5. The van der Waals surface area contributed by atoms with Crippen LogP contribution in [0.1, 0.15) is 24.2 Å². The lowest BCUT2D eigenvalue weighted by Gasteiger charge is -2.15. The van der Waals surface area contributed by atoms with E-state index in [2.05, 4.69) is 10.3 Å². The maximum absolute atomic E-state index is 12.3. The molecule has 1 heterocycles. The predicted molar refractivity (Wildman–Crippen MR) is 82.8 cm³/mol. The summed E-state index contributed by atoms with van der Waals surface area (Å²) in [5.41, 5.74) is 1.10. The molecule has 23 heavy (non-hydrogen) atoms. The number of benzene rings is 1. The van der Waals surface area contributed by atoms with E-state index in [1.54, 1.807) is 38.2 Å². The molecule has 0 saturated heterocycles. The first-order valence-corrected chi connectivity index (χ1v) is 7.28. The number of amides is 1. The van der Waals surface area contributed by atoms with Crippen LogP contribution in [0.25, 0.3) is 10.9 Å². The van der Waals surface area contributed by atoms with Crippen LogP contribution in [0.15, 0.2) is 30.5 Å². The molecule has 0 unspecified atom stereocenters. The molecule has 0 spiro atoms. The second kappa shape index (κ2) is 7.44. The number of aromatic nitrogens is 1. The van der Waals surface area contributed by atoms with Crippen molar-refractivity contribution in [1.82, 2.24) is 10.3 Å². The van der Waals surface area contributed by atoms with Crippen molar-refractivity contribution in [3.63, 3.8) is 0 Å². The summed E-state index contributed by atoms with van der Waals surface area (Å²) in [5.74, 6) is -2.26. The minimum Gasteiger partial charge on any atom is -0.464 e. The van der Waals surface area contributed by atoms with Crippen molar-refractivity contribution >= 4 is 28.7 Å². The third kappa shape index (κ3) is 3.88. The number of H-pyrrole nitrogens is 1. The highest BCUT2D eigenvalue weighted by Gasteiger charge is 2.31. The van der Waals surface area contributed by atoms with Crippen LogP contribution in [0.4, 0.5) is 0 Å². The van der Waals surface area contributed by atoms with Gasteiger partial charge in [-0.15, -0.1) is 0 Å². The summed E-state index contributed by atoms with van der Waals surface area (Å²) < 4.78 is 9.61. The summed E-state index contributed by atoms with van der Waals surface area (Å²) in [6.07, 6.45) is 1.76. The molecule has 7 heteroatoms. The summed E-state index contributed by atoms with van der Waals surface area (Å²) in [7, 11) is 0. The molecule has 0 aliphatic carbocycles. The molecule has 0 saturated carbocycles. The van der Waals surface area contributed by atoms with E-state index in [1.807, 2.05) is 6.07 Å². The average molecular weight is 318 g/mol. The molecule has 1 aromatic carbocycles. The predicted octanol–water partition coefficient (Wildman–Crippen LogP) is 1.39. The summed E-state index contributed by atoms with van der Waals surface area (Å²) in [6, 6.07) is 5.40. The lowest BCUT2D eigenvalue weighted by atomic mass is 10.1. The van der Waals surface area contributed by atoms with Gasteiger partial charge in [-0.3, -0.25) is 4.79 Å². The van der Waals surface area contributed by atoms with E-state index in [4.69, 9.17) is 9.47 Å². The van der Waals surface area contributed by atoms with Crippen LogP contribution in [-0.4, -0.2) is 42.1 Å². The Morgan fingerprint density at radius 2 is 1.74 bits per heavy atom. The minimum absolute atomic E-state index is 0.0963. The molecule has 0 aliphatic rings. The molecule has 7 nitrogen and oxygen atoms in total. The van der Waals surface area contributed by atoms with E-state index >= 15 is 0 Å². The molecule has 0 aliphatic heterocycles. The van der Waals surface area contributed by atoms with Crippen molar-refractivity contribution in [3.8, 4) is 0 Å². The van der Waals surface area contributed by atoms with Gasteiger partial charge in [0.15, 0.2) is 0 Å². The number of aromatic amines is 1. The van der Waals surface area contributed by atoms with Crippen LogP contribution < -0.4 is 5.32 Å². The first-order chi connectivity index (χ1) is 11.1. The van der Waals surface area contributed by atoms with Crippen LogP contribution in [0.3, 0.4) is 0 Å². The zero-order chi connectivity index (χ0) is 16.8. The van der Waals surface area contributed by atoms with E-state index < -0.39 is 23.9 Å². The second-order valence-electron chi connectivity index (χ2n) is 4.69. The van der Waals surface area contributed by atoms with Crippen molar-refractivity contribution in [2.75, 3.05) is 13.2 Å². The quantitative estimate of drug-likeness (QED) is 0.619. The number of hydrogen-bond acceptors (Lipinski definition) is 5. The average Bonchev–Trinajstić information content (AvgIpc) is 3.00. The number of ether oxygens (including phenoxy) is 2. The van der Waals surface area contributed by atoms with Gasteiger partial charge in [0.25, 0.3) is 5.91 Å². The van der Waals surface area contributed by atoms with E-state index in [0.29, 0.717) is 5.56 Å². The van der Waals surface area contributed by atoms with Gasteiger partial charge in [0, 0.05) is 17.3 Å². The molecule has 0 bridgehead atoms. The maximum atomic E-state index is 12.3. The first-order valence-electron chi connectivity index (χ1n) is 7.28. The third-order valence-electron chi connectivity index (χ3n) is 3.14. The number of nitrogens with one attached hydrogen (secondary N) is 2. The maximum Gasteiger partial charge on any atom is 0.340 e. The van der Waals surface area contributed by atoms with E-state index in [-0.39, 0.29) is 13.2 Å². The number of esters is 2. The molecule has 2 aromatic rings. The monoisotopic (exact) mass is 318 g/mol. The Morgan fingerprint density at radius 3 is 2.35 bits per heavy atom. The number of rotatable bonds is 6. The number of fused-ring (bicyclic) bond motifs is 1. The molecule has 0 radical (unpaired) electrons. The third-order valence-corrected chi connectivity index (χ3v) is 3.14. The number of hydrogen-bond donors (Lipinski definition) is 2. The second-order valence-corrected chi connectivity index (χ2v) is 4.69. The minimum atomic E-state index is -1.48. The van der Waals surface area contributed by atoms with Gasteiger partial charge in [-0.05, 0) is 37.4 Å². The van der Waals surface area contributed by atoms with E-state index in [0.717, 1.165) is 10.9 Å². The molecule has 0 fully saturated rings. The highest BCUT2D eigenvalue weighted by Crippen LogP contribution is 2.14. The standard InChI is InChI=1S/C16H18N2O5/c1-3-22-15(20)13(16(21)23-4-2)18-14(19)11-6-5-10-7-8-17-12(10)9-11/h5-9,13,17H,3-4H2,1-2H3,(H,18,19). The van der Waals surface area contributed by atoms with Gasteiger partial charge < -0.3 is 19.8 Å². The highest BCUT2D eigenvalue weighted by atomic mass is 16.6. The highest BCUT2D eigenvalue weighted by molar-refractivity contribution is 6.06. The summed E-state index contributed by atoms with van der Waals surface area (Å²) in [4.78, 5) is 39.0. The van der Waals surface area contributed by atoms with Crippen molar-refractivity contribution in [2.24, 2.45) is 0 Å². The van der Waals surface area contributed by atoms with Gasteiger partial charge in [-0.2, -0.15) is 0 Å². The van der Waals surface area contributed by atoms with Gasteiger partial charge in [-0.25, -0.2) is 9.59 Å². The zero-order valence-corrected chi connectivity index (χ0v) is 12.9. The smallest absolute Gasteiger partial charge is 0.340 e. The molecule has 1 aromatic heterocycles. The lowest BCUT2D eigenvalue weighted by Crippen LogP contribution is -2.48. The molecule has 0 atom stereocenters. The topological polar surface area (TPSA) is 97.5 Å². The van der Waals surface area contributed by atoms with Crippen molar-refractivity contribution in [2.45, 2.75) is 19.9 Å². The van der Waals surface area contributed by atoms with Gasteiger partial charge in [-0.1, -0.05) is 6.07 Å². The molecular formula is C16H18N2O5. The molecule has 2 rings (SSSR count). The Kier molecular flexibility index (Phi) is 5.35. The summed E-state index contributed by atoms with van der Waals surface area (Å²) in [5, 5.41) is 3.31. The summed E-state index contributed by atoms with van der Waals surface area (Å²) >= 11 is 0. The van der Waals surface area contributed by atoms with Gasteiger partial charge in [0.2, 0.25) is 6.04 Å². The molecule has 2 N–H and O–H groups in total. The van der Waals surface area contributed by atoms with Crippen LogP contribution in [-0.2, 0) is 19.1 Å². The van der Waals surface area contributed by atoms with Gasteiger partial charge >= 0.3 is 11.9 Å². The van der Waals surface area contributed by atoms with Gasteiger partial charge in [0.1, 0.15) is 0 Å². The lowest BCUT2D eigenvalue weighted by molar-refractivity contribution is -0.157. The van der Waals surface area contributed by atoms with Crippen molar-refractivity contribution < 1.29 is 23.9 Å². The van der Waals surface area contributed by atoms with Crippen molar-refractivity contribution in [3.05, 3.63) is 36.0 Å². The Balaban J connectivity index is 2.18. The van der Waals surface area contributed by atoms with Gasteiger partial charge in [0.05, 0.1) is 13.2 Å². The van der Waals surface area contributed by atoms with E-state index in [9.17, 15) is 14.4 Å². The van der Waals surface area contributed by atoms with Crippen LogP contribution in [0, 0.1) is 0 Å². The largest absolute Gasteiger partial charge is 0.464 e. The fourth-order valence-electron chi connectivity index (χ4n) is 2.07. The van der Waals surface area contributed by atoms with E-state index in [1.165, 1.54) is 0 Å². The van der Waals surface area contributed by atoms with Crippen LogP contribution in [0.2, 0.25) is 0 Å². The van der Waals surface area contributed by atoms with Crippen LogP contribution in [0.5, 0.6) is 0 Å². The molecule has 122 valence electrons.